The fourth-order valence-electron chi connectivity index (χ4n) is 2.26. The second-order valence-corrected chi connectivity index (χ2v) is 4.69. The van der Waals surface area contributed by atoms with Crippen molar-refractivity contribution in [1.29, 1.82) is 0 Å². The number of piperidine rings is 1. The smallest absolute Gasteiger partial charge is 0.222 e. The number of hydrogen-bond donors (Lipinski definition) is 1. The van der Waals surface area contributed by atoms with Crippen molar-refractivity contribution in [3.63, 3.8) is 0 Å². The molecule has 0 spiro atoms. The number of rotatable bonds is 2. The van der Waals surface area contributed by atoms with Gasteiger partial charge in [-0.3, -0.25) is 4.79 Å². The van der Waals surface area contributed by atoms with E-state index in [0.717, 1.165) is 12.5 Å². The van der Waals surface area contributed by atoms with Crippen molar-refractivity contribution in [3.05, 3.63) is 35.4 Å². The van der Waals surface area contributed by atoms with Crippen LogP contribution in [0.5, 0.6) is 0 Å². The van der Waals surface area contributed by atoms with Gasteiger partial charge in [0.1, 0.15) is 11.6 Å². The summed E-state index contributed by atoms with van der Waals surface area (Å²) in [6.07, 6.45) is 1.29. The van der Waals surface area contributed by atoms with E-state index in [2.05, 4.69) is 5.32 Å². The molecule has 0 aliphatic carbocycles. The topological polar surface area (TPSA) is 29.1 Å². The van der Waals surface area contributed by atoms with E-state index in [1.807, 2.05) is 6.92 Å². The van der Waals surface area contributed by atoms with Gasteiger partial charge in [-0.1, -0.05) is 13.0 Å². The van der Waals surface area contributed by atoms with Crippen LogP contribution in [0.2, 0.25) is 0 Å². The van der Waals surface area contributed by atoms with Gasteiger partial charge in [-0.05, 0) is 30.4 Å². The van der Waals surface area contributed by atoms with Crippen LogP contribution in [0.4, 0.5) is 8.78 Å². The summed E-state index contributed by atoms with van der Waals surface area (Å²) in [6, 6.07) is 3.65. The first-order valence-corrected chi connectivity index (χ1v) is 5.78. The highest BCUT2D eigenvalue weighted by molar-refractivity contribution is 5.78. The molecule has 1 saturated heterocycles. The lowest BCUT2D eigenvalue weighted by Crippen LogP contribution is -2.41. The predicted molar refractivity (Wildman–Crippen MR) is 60.3 cm³/mol. The van der Waals surface area contributed by atoms with Crippen molar-refractivity contribution >= 4 is 5.91 Å². The van der Waals surface area contributed by atoms with Gasteiger partial charge in [0, 0.05) is 18.5 Å². The molecule has 0 saturated carbocycles. The maximum Gasteiger partial charge on any atom is 0.222 e. The maximum atomic E-state index is 13.5. The molecular weight excluding hydrogens is 224 g/mol. The number of carbonyl (C=O) groups excluding carboxylic acids is 1. The van der Waals surface area contributed by atoms with E-state index in [4.69, 9.17) is 0 Å². The average Bonchev–Trinajstić information content (AvgIpc) is 2.27. The molecule has 1 fully saturated rings. The third kappa shape index (κ3) is 2.81. The molecule has 0 bridgehead atoms. The number of amides is 1. The van der Waals surface area contributed by atoms with Gasteiger partial charge in [0.15, 0.2) is 0 Å². The number of hydrogen-bond acceptors (Lipinski definition) is 1. The Hall–Kier alpha value is -1.45. The first kappa shape index (κ1) is 12.0. The van der Waals surface area contributed by atoms with Crippen LogP contribution in [0.25, 0.3) is 0 Å². The Morgan fingerprint density at radius 3 is 2.82 bits per heavy atom. The van der Waals surface area contributed by atoms with Crippen molar-refractivity contribution in [1.82, 2.24) is 5.32 Å². The Morgan fingerprint density at radius 2 is 2.18 bits per heavy atom. The predicted octanol–water partition coefficient (Wildman–Crippen LogP) is 2.28. The molecule has 1 N–H and O–H groups in total. The van der Waals surface area contributed by atoms with Gasteiger partial charge in [-0.2, -0.15) is 0 Å². The van der Waals surface area contributed by atoms with Gasteiger partial charge >= 0.3 is 0 Å². The van der Waals surface area contributed by atoms with E-state index < -0.39 is 11.6 Å². The van der Waals surface area contributed by atoms with Crippen LogP contribution in [-0.2, 0) is 11.2 Å². The maximum absolute atomic E-state index is 13.5. The van der Waals surface area contributed by atoms with Crippen LogP contribution in [0, 0.1) is 23.5 Å². The zero-order valence-electron chi connectivity index (χ0n) is 9.67. The molecule has 4 heteroatoms. The molecule has 2 atom stereocenters. The Balaban J connectivity index is 2.03. The normalized spacial score (nSPS) is 24.5. The molecule has 1 aliphatic heterocycles. The lowest BCUT2D eigenvalue weighted by atomic mass is 9.86. The zero-order valence-corrected chi connectivity index (χ0v) is 9.67. The largest absolute Gasteiger partial charge is 0.356 e. The lowest BCUT2D eigenvalue weighted by Gasteiger charge is -2.27. The Bertz CT molecular complexity index is 433. The molecule has 2 rings (SSSR count). The highest BCUT2D eigenvalue weighted by Crippen LogP contribution is 2.22. The van der Waals surface area contributed by atoms with Crippen molar-refractivity contribution in [2.24, 2.45) is 11.8 Å². The van der Waals surface area contributed by atoms with E-state index in [9.17, 15) is 13.6 Å². The van der Waals surface area contributed by atoms with Crippen LogP contribution in [0.15, 0.2) is 18.2 Å². The van der Waals surface area contributed by atoms with Crippen molar-refractivity contribution in [2.45, 2.75) is 19.8 Å². The van der Waals surface area contributed by atoms with Gasteiger partial charge in [0.2, 0.25) is 5.91 Å². The van der Waals surface area contributed by atoms with E-state index >= 15 is 0 Å². The summed E-state index contributed by atoms with van der Waals surface area (Å²) in [6.45, 7) is 2.43. The summed E-state index contributed by atoms with van der Waals surface area (Å²) in [5.74, 6) is -0.813. The Kier molecular flexibility index (Phi) is 3.41. The van der Waals surface area contributed by atoms with Crippen LogP contribution < -0.4 is 5.32 Å². The SMILES string of the molecule is CC1CC(Cc2ccc(F)cc2F)CNC1=O. The van der Waals surface area contributed by atoms with Crippen LogP contribution >= 0.6 is 0 Å². The lowest BCUT2D eigenvalue weighted by molar-refractivity contribution is -0.127. The molecule has 1 aliphatic rings. The molecular formula is C13H15F2NO. The molecule has 2 nitrogen and oxygen atoms in total. The number of carbonyl (C=O) groups is 1. The zero-order chi connectivity index (χ0) is 12.4. The summed E-state index contributed by atoms with van der Waals surface area (Å²) in [4.78, 5) is 11.3. The fraction of sp³-hybridized carbons (Fsp3) is 0.462. The minimum Gasteiger partial charge on any atom is -0.356 e. The first-order chi connectivity index (χ1) is 8.06. The third-order valence-electron chi connectivity index (χ3n) is 3.22. The van der Waals surface area contributed by atoms with Crippen LogP contribution in [0.1, 0.15) is 18.9 Å². The number of benzene rings is 1. The second-order valence-electron chi connectivity index (χ2n) is 4.69. The van der Waals surface area contributed by atoms with E-state index in [-0.39, 0.29) is 17.7 Å². The average molecular weight is 239 g/mol. The van der Waals surface area contributed by atoms with Crippen LogP contribution in [-0.4, -0.2) is 12.5 Å². The third-order valence-corrected chi connectivity index (χ3v) is 3.22. The van der Waals surface area contributed by atoms with Gasteiger partial charge < -0.3 is 5.32 Å². The monoisotopic (exact) mass is 239 g/mol. The van der Waals surface area contributed by atoms with Crippen LogP contribution in [0.3, 0.4) is 0 Å². The summed E-state index contributed by atoms with van der Waals surface area (Å²) >= 11 is 0. The molecule has 1 heterocycles. The van der Waals surface area contributed by atoms with Gasteiger partial charge in [-0.25, -0.2) is 8.78 Å². The highest BCUT2D eigenvalue weighted by Gasteiger charge is 2.25. The number of halogens is 2. The molecule has 92 valence electrons. The Morgan fingerprint density at radius 1 is 1.41 bits per heavy atom. The van der Waals surface area contributed by atoms with Gasteiger partial charge in [-0.15, -0.1) is 0 Å². The highest BCUT2D eigenvalue weighted by atomic mass is 19.1. The Labute approximate surface area is 99.0 Å². The minimum atomic E-state index is -0.559. The minimum absolute atomic E-state index is 0.0303. The summed E-state index contributed by atoms with van der Waals surface area (Å²) in [5, 5.41) is 2.80. The fourth-order valence-corrected chi connectivity index (χ4v) is 2.26. The quantitative estimate of drug-likeness (QED) is 0.842. The summed E-state index contributed by atoms with van der Waals surface area (Å²) in [7, 11) is 0. The van der Waals surface area contributed by atoms with Crippen molar-refractivity contribution in [3.8, 4) is 0 Å². The summed E-state index contributed by atoms with van der Waals surface area (Å²) < 4.78 is 26.2. The molecule has 17 heavy (non-hydrogen) atoms. The van der Waals surface area contributed by atoms with Gasteiger partial charge in [0.25, 0.3) is 0 Å². The molecule has 1 amide bonds. The number of nitrogens with one attached hydrogen (secondary N) is 1. The standard InChI is InChI=1S/C13H15F2NO/c1-8-4-9(7-16-13(8)17)5-10-2-3-11(14)6-12(10)15/h2-3,6,8-9H,4-5,7H2,1H3,(H,16,17). The molecule has 0 aromatic heterocycles. The molecule has 2 unspecified atom stereocenters. The van der Waals surface area contributed by atoms with E-state index in [0.29, 0.717) is 18.5 Å². The van der Waals surface area contributed by atoms with Crippen molar-refractivity contribution in [2.75, 3.05) is 6.54 Å². The molecule has 1 aromatic carbocycles. The molecule has 1 aromatic rings. The van der Waals surface area contributed by atoms with Crippen molar-refractivity contribution < 1.29 is 13.6 Å². The molecule has 0 radical (unpaired) electrons. The van der Waals surface area contributed by atoms with E-state index in [1.165, 1.54) is 12.1 Å². The second kappa shape index (κ2) is 4.82. The van der Waals surface area contributed by atoms with E-state index in [1.54, 1.807) is 0 Å². The first-order valence-electron chi connectivity index (χ1n) is 5.78. The summed E-state index contributed by atoms with van der Waals surface area (Å²) in [5.41, 5.74) is 0.514. The van der Waals surface area contributed by atoms with Gasteiger partial charge in [0.05, 0.1) is 0 Å².